The third kappa shape index (κ3) is 4.71. The van der Waals surface area contributed by atoms with Crippen LogP contribution in [0, 0.1) is 13.8 Å². The predicted octanol–water partition coefficient (Wildman–Crippen LogP) is 5.91. The molecule has 8 nitrogen and oxygen atoms in total. The molecule has 0 saturated carbocycles. The molecule has 2 atom stereocenters. The summed E-state index contributed by atoms with van der Waals surface area (Å²) in [6.07, 6.45) is 3.11. The third-order valence-corrected chi connectivity index (χ3v) is 8.69. The molecular formula is C30H33ClN6O2S. The topological polar surface area (TPSA) is 84.2 Å². The highest BCUT2D eigenvalue weighted by Crippen LogP contribution is 2.37. The van der Waals surface area contributed by atoms with Crippen molar-refractivity contribution in [2.24, 2.45) is 0 Å². The largest absolute Gasteiger partial charge is 0.355 e. The van der Waals surface area contributed by atoms with Gasteiger partial charge in [0, 0.05) is 41.8 Å². The van der Waals surface area contributed by atoms with Crippen LogP contribution in [0.1, 0.15) is 49.7 Å². The molecule has 208 valence electrons. The first-order valence-corrected chi connectivity index (χ1v) is 14.6. The van der Waals surface area contributed by atoms with Gasteiger partial charge >= 0.3 is 5.69 Å². The van der Waals surface area contributed by atoms with Crippen LogP contribution < -0.4 is 10.6 Å². The Balaban J connectivity index is 1.82. The number of nitrogens with zero attached hydrogens (tertiary/aromatic N) is 6. The number of halogens is 1. The summed E-state index contributed by atoms with van der Waals surface area (Å²) < 4.78 is 1.59. The zero-order valence-corrected chi connectivity index (χ0v) is 25.2. The van der Waals surface area contributed by atoms with Gasteiger partial charge in [-0.2, -0.15) is 4.98 Å². The summed E-state index contributed by atoms with van der Waals surface area (Å²) in [5, 5.41) is 3.16. The van der Waals surface area contributed by atoms with Gasteiger partial charge in [-0.1, -0.05) is 32.0 Å². The molecule has 1 aliphatic heterocycles. The Morgan fingerprint density at radius 3 is 2.58 bits per heavy atom. The average Bonchev–Trinajstić information content (AvgIpc) is 3.34. The molecule has 0 N–H and O–H groups in total. The molecule has 0 spiro atoms. The molecule has 0 aliphatic carbocycles. The maximum atomic E-state index is 14.0. The Labute approximate surface area is 243 Å². The second-order valence-electron chi connectivity index (χ2n) is 10.7. The molecule has 0 radical (unpaired) electrons. The number of hydrogen-bond acceptors (Lipinski definition) is 7. The zero-order chi connectivity index (χ0) is 28.9. The van der Waals surface area contributed by atoms with Gasteiger partial charge in [0.2, 0.25) is 5.91 Å². The van der Waals surface area contributed by atoms with Crippen LogP contribution in [-0.2, 0) is 4.79 Å². The molecule has 5 heterocycles. The van der Waals surface area contributed by atoms with E-state index in [0.717, 1.165) is 21.7 Å². The van der Waals surface area contributed by atoms with E-state index in [2.05, 4.69) is 35.3 Å². The summed E-state index contributed by atoms with van der Waals surface area (Å²) in [5.74, 6) is 0.469. The number of pyridine rings is 2. The van der Waals surface area contributed by atoms with Gasteiger partial charge in [-0.3, -0.25) is 9.78 Å². The van der Waals surface area contributed by atoms with Crippen molar-refractivity contribution in [3.8, 4) is 16.9 Å². The van der Waals surface area contributed by atoms with Crippen LogP contribution in [0.25, 0.3) is 28.0 Å². The van der Waals surface area contributed by atoms with E-state index in [-0.39, 0.29) is 23.9 Å². The van der Waals surface area contributed by atoms with Gasteiger partial charge in [-0.15, -0.1) is 11.3 Å². The van der Waals surface area contributed by atoms with E-state index in [4.69, 9.17) is 16.6 Å². The van der Waals surface area contributed by atoms with Crippen molar-refractivity contribution in [1.82, 2.24) is 24.4 Å². The van der Waals surface area contributed by atoms with Crippen LogP contribution in [0.2, 0.25) is 5.02 Å². The van der Waals surface area contributed by atoms with E-state index in [1.165, 1.54) is 6.08 Å². The monoisotopic (exact) mass is 576 g/mol. The lowest BCUT2D eigenvalue weighted by atomic mass is 10.0. The van der Waals surface area contributed by atoms with Gasteiger partial charge in [0.1, 0.15) is 5.82 Å². The highest BCUT2D eigenvalue weighted by atomic mass is 35.5. The molecule has 40 heavy (non-hydrogen) atoms. The quantitative estimate of drug-likeness (QED) is 0.275. The maximum absolute atomic E-state index is 14.0. The van der Waals surface area contributed by atoms with Gasteiger partial charge < -0.3 is 9.80 Å². The standard InChI is InChI=1S/C30H33ClN6O2S/c1-8-24(38)35-14-19(6)36(15-18(35)5)28-22-13-23(31)26(21-10-12-40-20(21)7)33-29(22)37(30(39)34-28)27-17(4)9-11-32-25(27)16(2)3/h8-13,16,18-19H,1,14-15H2,2-7H3. The van der Waals surface area contributed by atoms with Crippen LogP contribution in [0.3, 0.4) is 0 Å². The number of carbonyl (C=O) groups excluding carboxylic acids is 1. The Morgan fingerprint density at radius 1 is 1.18 bits per heavy atom. The molecule has 0 aromatic carbocycles. The third-order valence-electron chi connectivity index (χ3n) is 7.56. The number of fused-ring (bicyclic) bond motifs is 1. The van der Waals surface area contributed by atoms with E-state index < -0.39 is 5.69 Å². The summed E-state index contributed by atoms with van der Waals surface area (Å²) in [4.78, 5) is 45.8. The van der Waals surface area contributed by atoms with Crippen LogP contribution in [0.4, 0.5) is 5.82 Å². The highest BCUT2D eigenvalue weighted by molar-refractivity contribution is 7.10. The molecule has 1 aliphatic rings. The minimum atomic E-state index is -0.437. The molecule has 1 amide bonds. The first-order chi connectivity index (χ1) is 19.0. The van der Waals surface area contributed by atoms with E-state index in [9.17, 15) is 9.59 Å². The maximum Gasteiger partial charge on any atom is 0.355 e. The molecule has 1 fully saturated rings. The zero-order valence-electron chi connectivity index (χ0n) is 23.6. The fraction of sp³-hybridized carbons (Fsp3) is 0.367. The van der Waals surface area contributed by atoms with E-state index in [1.807, 2.05) is 51.3 Å². The average molecular weight is 577 g/mol. The Morgan fingerprint density at radius 2 is 1.93 bits per heavy atom. The molecule has 10 heteroatoms. The lowest BCUT2D eigenvalue weighted by Gasteiger charge is -2.44. The summed E-state index contributed by atoms with van der Waals surface area (Å²) in [6.45, 7) is 16.7. The van der Waals surface area contributed by atoms with Gasteiger partial charge in [-0.05, 0) is 68.8 Å². The molecular weight excluding hydrogens is 544 g/mol. The number of piperazine rings is 1. The van der Waals surface area contributed by atoms with Crippen molar-refractivity contribution < 1.29 is 4.79 Å². The lowest BCUT2D eigenvalue weighted by Crippen LogP contribution is -2.58. The highest BCUT2D eigenvalue weighted by Gasteiger charge is 2.34. The van der Waals surface area contributed by atoms with Gasteiger partial charge in [0.25, 0.3) is 0 Å². The first kappa shape index (κ1) is 28.0. The van der Waals surface area contributed by atoms with Gasteiger partial charge in [-0.25, -0.2) is 14.3 Å². The summed E-state index contributed by atoms with van der Waals surface area (Å²) >= 11 is 8.53. The number of carbonyl (C=O) groups is 1. The van der Waals surface area contributed by atoms with Gasteiger partial charge in [0.05, 0.1) is 27.5 Å². The van der Waals surface area contributed by atoms with E-state index >= 15 is 0 Å². The second-order valence-corrected chi connectivity index (χ2v) is 12.2. The summed E-state index contributed by atoms with van der Waals surface area (Å²) in [5.41, 5.74) is 3.97. The van der Waals surface area contributed by atoms with Crippen LogP contribution in [0.15, 0.2) is 47.2 Å². The summed E-state index contributed by atoms with van der Waals surface area (Å²) in [6, 6.07) is 5.56. The van der Waals surface area contributed by atoms with Crippen LogP contribution in [-0.4, -0.2) is 55.5 Å². The summed E-state index contributed by atoms with van der Waals surface area (Å²) in [7, 11) is 0. The minimum absolute atomic E-state index is 0.0683. The Hall–Kier alpha value is -3.56. The fourth-order valence-electron chi connectivity index (χ4n) is 5.48. The number of hydrogen-bond donors (Lipinski definition) is 0. The van der Waals surface area contributed by atoms with Crippen molar-refractivity contribution in [2.75, 3.05) is 18.0 Å². The Bertz CT molecular complexity index is 1690. The van der Waals surface area contributed by atoms with Crippen molar-refractivity contribution >= 4 is 45.7 Å². The fourth-order valence-corrected chi connectivity index (χ4v) is 6.43. The smallest absolute Gasteiger partial charge is 0.349 e. The van der Waals surface area contributed by atoms with Crippen molar-refractivity contribution in [2.45, 2.75) is 59.5 Å². The minimum Gasteiger partial charge on any atom is -0.349 e. The van der Waals surface area contributed by atoms with Crippen LogP contribution >= 0.6 is 22.9 Å². The molecule has 5 rings (SSSR count). The Kier molecular flexibility index (Phi) is 7.54. The number of aryl methyl sites for hydroxylation is 2. The van der Waals surface area contributed by atoms with Crippen molar-refractivity contribution in [1.29, 1.82) is 0 Å². The van der Waals surface area contributed by atoms with Crippen molar-refractivity contribution in [3.63, 3.8) is 0 Å². The predicted molar refractivity (Wildman–Crippen MR) is 163 cm³/mol. The molecule has 1 saturated heterocycles. The number of rotatable bonds is 5. The van der Waals surface area contributed by atoms with Crippen LogP contribution in [0.5, 0.6) is 0 Å². The normalized spacial score (nSPS) is 17.6. The number of anilines is 1. The van der Waals surface area contributed by atoms with E-state index in [1.54, 1.807) is 27.0 Å². The molecule has 4 aromatic rings. The van der Waals surface area contributed by atoms with Gasteiger partial charge in [0.15, 0.2) is 5.65 Å². The number of aromatic nitrogens is 4. The number of thiophene rings is 1. The SMILES string of the molecule is C=CC(=O)N1CC(C)N(c2nc(=O)n(-c3c(C)ccnc3C(C)C)c3nc(-c4ccsc4C)c(Cl)cc23)CC1C. The molecule has 2 unspecified atom stereocenters. The second kappa shape index (κ2) is 10.8. The van der Waals surface area contributed by atoms with Crippen molar-refractivity contribution in [3.05, 3.63) is 74.1 Å². The number of amides is 1. The molecule has 0 bridgehead atoms. The first-order valence-electron chi connectivity index (χ1n) is 13.4. The lowest BCUT2D eigenvalue weighted by molar-refractivity contribution is -0.128. The van der Waals surface area contributed by atoms with E-state index in [0.29, 0.717) is 46.3 Å². The molecule has 4 aromatic heterocycles.